The van der Waals surface area contributed by atoms with E-state index in [-0.39, 0.29) is 0 Å². The number of benzene rings is 4. The van der Waals surface area contributed by atoms with Crippen LogP contribution in [0.5, 0.6) is 11.5 Å². The highest BCUT2D eigenvalue weighted by Gasteiger charge is 1.99. The molecule has 0 saturated carbocycles. The number of rotatable bonds is 16. The van der Waals surface area contributed by atoms with Crippen molar-refractivity contribution in [1.29, 1.82) is 0 Å². The fraction of sp³-hybridized carbons (Fsp3) is 0.294. The molecule has 4 rings (SSSR count). The van der Waals surface area contributed by atoms with Crippen LogP contribution >= 0.6 is 0 Å². The Bertz CT molecular complexity index is 1300. The summed E-state index contributed by atoms with van der Waals surface area (Å²) in [4.78, 5) is 0. The zero-order chi connectivity index (χ0) is 27.7. The van der Waals surface area contributed by atoms with E-state index >= 15 is 0 Å². The molecule has 0 spiro atoms. The molecule has 0 radical (unpaired) electrons. The maximum absolute atomic E-state index is 5.88. The molecule has 0 saturated heterocycles. The number of aryl methyl sites for hydroxylation is 1. The lowest BCUT2D eigenvalue weighted by atomic mass is 10.1. The molecule has 0 fully saturated rings. The minimum Gasteiger partial charge on any atom is -0.494 e. The van der Waals surface area contributed by atoms with Gasteiger partial charge in [0.1, 0.15) is 11.5 Å². The molecule has 0 aliphatic rings. The average molecular weight is 535 g/mol. The molecule has 6 nitrogen and oxygen atoms in total. The van der Waals surface area contributed by atoms with Crippen LogP contribution in [0.25, 0.3) is 0 Å². The topological polar surface area (TPSA) is 67.9 Å². The summed E-state index contributed by atoms with van der Waals surface area (Å²) >= 11 is 0. The number of unbranched alkanes of at least 4 members (excludes halogenated alkanes) is 4. The number of hydrogen-bond donors (Lipinski definition) is 0. The predicted molar refractivity (Wildman–Crippen MR) is 162 cm³/mol. The zero-order valence-corrected chi connectivity index (χ0v) is 23.3. The molecule has 4 aromatic rings. The highest BCUT2D eigenvalue weighted by molar-refractivity contribution is 5.44. The van der Waals surface area contributed by atoms with Gasteiger partial charge in [0, 0.05) is 0 Å². The van der Waals surface area contributed by atoms with Gasteiger partial charge in [0.05, 0.1) is 36.0 Å². The van der Waals surface area contributed by atoms with E-state index in [1.165, 1.54) is 18.4 Å². The van der Waals surface area contributed by atoms with Crippen molar-refractivity contribution in [3.05, 3.63) is 109 Å². The van der Waals surface area contributed by atoms with Crippen LogP contribution in [-0.2, 0) is 6.42 Å². The van der Waals surface area contributed by atoms with Crippen molar-refractivity contribution < 1.29 is 9.47 Å². The number of nitrogens with zero attached hydrogens (tertiary/aromatic N) is 4. The van der Waals surface area contributed by atoms with Crippen molar-refractivity contribution >= 4 is 22.7 Å². The molecule has 6 heteroatoms. The normalized spacial score (nSPS) is 11.3. The Labute approximate surface area is 237 Å². The van der Waals surface area contributed by atoms with E-state index in [9.17, 15) is 0 Å². The average Bonchev–Trinajstić information content (AvgIpc) is 3.01. The molecule has 206 valence electrons. The Kier molecular flexibility index (Phi) is 11.9. The lowest BCUT2D eigenvalue weighted by molar-refractivity contribution is 0.287. The van der Waals surface area contributed by atoms with E-state index in [1.807, 2.05) is 91.0 Å². The molecule has 0 atom stereocenters. The van der Waals surface area contributed by atoms with Crippen molar-refractivity contribution in [2.24, 2.45) is 20.5 Å². The standard InChI is InChI=1S/C34H38N4O2/c1-2-3-11-28-14-16-30(17-15-28)36-38-32-20-24-34(25-21-32)40-27-10-5-4-9-26-39-33-22-18-31(19-23-33)37-35-29-12-7-6-8-13-29/h6-8,12-25H,2-5,9-11,26-27H2,1H3. The van der Waals surface area contributed by atoms with E-state index in [1.54, 1.807) is 0 Å². The lowest BCUT2D eigenvalue weighted by Crippen LogP contribution is -1.99. The van der Waals surface area contributed by atoms with Crippen molar-refractivity contribution in [3.8, 4) is 11.5 Å². The van der Waals surface area contributed by atoms with Crippen LogP contribution in [0.2, 0.25) is 0 Å². The Balaban J connectivity index is 1.05. The summed E-state index contributed by atoms with van der Waals surface area (Å²) < 4.78 is 11.7. The Morgan fingerprint density at radius 3 is 1.32 bits per heavy atom. The Hall–Kier alpha value is -4.32. The predicted octanol–water partition coefficient (Wildman–Crippen LogP) is 10.9. The van der Waals surface area contributed by atoms with Crippen LogP contribution in [-0.4, -0.2) is 13.2 Å². The molecular formula is C34H38N4O2. The van der Waals surface area contributed by atoms with E-state index in [0.29, 0.717) is 13.2 Å². The van der Waals surface area contributed by atoms with Gasteiger partial charge < -0.3 is 9.47 Å². The maximum atomic E-state index is 5.88. The first-order valence-electron chi connectivity index (χ1n) is 14.2. The van der Waals surface area contributed by atoms with Gasteiger partial charge >= 0.3 is 0 Å². The third-order valence-corrected chi connectivity index (χ3v) is 6.32. The number of ether oxygens (including phenoxy) is 2. The molecule has 0 aliphatic heterocycles. The van der Waals surface area contributed by atoms with Gasteiger partial charge in [0.2, 0.25) is 0 Å². The van der Waals surface area contributed by atoms with Crippen molar-refractivity contribution in [2.75, 3.05) is 13.2 Å². The van der Waals surface area contributed by atoms with Crippen LogP contribution < -0.4 is 9.47 Å². The summed E-state index contributed by atoms with van der Waals surface area (Å²) in [6, 6.07) is 33.5. The minimum absolute atomic E-state index is 0.699. The fourth-order valence-corrected chi connectivity index (χ4v) is 3.99. The summed E-state index contributed by atoms with van der Waals surface area (Å²) in [5, 5.41) is 17.2. The molecule has 40 heavy (non-hydrogen) atoms. The van der Waals surface area contributed by atoms with Crippen molar-refractivity contribution in [3.63, 3.8) is 0 Å². The van der Waals surface area contributed by atoms with Crippen LogP contribution in [0.4, 0.5) is 22.7 Å². The SMILES string of the molecule is CCCCc1ccc(N=Nc2ccc(OCCCCCCOc3ccc(N=Nc4ccccc4)cc3)cc2)cc1. The molecule has 0 bridgehead atoms. The van der Waals surface area contributed by atoms with Crippen molar-refractivity contribution in [1.82, 2.24) is 0 Å². The van der Waals surface area contributed by atoms with E-state index in [4.69, 9.17) is 9.47 Å². The van der Waals surface area contributed by atoms with Crippen molar-refractivity contribution in [2.45, 2.75) is 51.9 Å². The largest absolute Gasteiger partial charge is 0.494 e. The lowest BCUT2D eigenvalue weighted by Gasteiger charge is -2.07. The van der Waals surface area contributed by atoms with Crippen LogP contribution in [0.1, 0.15) is 51.0 Å². The van der Waals surface area contributed by atoms with Gasteiger partial charge in [-0.25, -0.2) is 0 Å². The molecule has 0 amide bonds. The first-order valence-corrected chi connectivity index (χ1v) is 14.2. The van der Waals surface area contributed by atoms with Gasteiger partial charge in [-0.15, -0.1) is 0 Å². The second-order valence-electron chi connectivity index (χ2n) is 9.60. The summed E-state index contributed by atoms with van der Waals surface area (Å²) in [6.45, 7) is 3.61. The molecular weight excluding hydrogens is 496 g/mol. The van der Waals surface area contributed by atoms with Gasteiger partial charge in [-0.1, -0.05) is 43.7 Å². The Morgan fingerprint density at radius 2 is 0.875 bits per heavy atom. The van der Waals surface area contributed by atoms with Crippen LogP contribution in [0.15, 0.2) is 124 Å². The monoisotopic (exact) mass is 534 g/mol. The minimum atomic E-state index is 0.699. The van der Waals surface area contributed by atoms with E-state index in [2.05, 4.69) is 39.5 Å². The fourth-order valence-electron chi connectivity index (χ4n) is 3.99. The van der Waals surface area contributed by atoms with Gasteiger partial charge in [0.15, 0.2) is 0 Å². The summed E-state index contributed by atoms with van der Waals surface area (Å²) in [6.07, 6.45) is 7.76. The second-order valence-corrected chi connectivity index (χ2v) is 9.60. The molecule has 0 heterocycles. The first kappa shape index (κ1) is 28.7. The quantitative estimate of drug-likeness (QED) is 0.106. The smallest absolute Gasteiger partial charge is 0.119 e. The number of azo groups is 2. The number of hydrogen-bond acceptors (Lipinski definition) is 6. The summed E-state index contributed by atoms with van der Waals surface area (Å²) in [7, 11) is 0. The van der Waals surface area contributed by atoms with Gasteiger partial charge in [-0.05, 0) is 117 Å². The molecule has 4 aromatic carbocycles. The zero-order valence-electron chi connectivity index (χ0n) is 23.3. The van der Waals surface area contributed by atoms with Gasteiger partial charge in [-0.3, -0.25) is 0 Å². The highest BCUT2D eigenvalue weighted by atomic mass is 16.5. The molecule has 0 aliphatic carbocycles. The molecule has 0 N–H and O–H groups in total. The third-order valence-electron chi connectivity index (χ3n) is 6.32. The maximum Gasteiger partial charge on any atom is 0.119 e. The molecule has 0 unspecified atom stereocenters. The van der Waals surface area contributed by atoms with E-state index < -0.39 is 0 Å². The van der Waals surface area contributed by atoms with Gasteiger partial charge in [-0.2, -0.15) is 20.5 Å². The van der Waals surface area contributed by atoms with Crippen LogP contribution in [0.3, 0.4) is 0 Å². The van der Waals surface area contributed by atoms with Gasteiger partial charge in [0.25, 0.3) is 0 Å². The second kappa shape index (κ2) is 16.6. The van der Waals surface area contributed by atoms with E-state index in [0.717, 1.165) is 66.4 Å². The first-order chi connectivity index (χ1) is 19.8. The molecule has 0 aromatic heterocycles. The van der Waals surface area contributed by atoms with Crippen LogP contribution in [0, 0.1) is 0 Å². The highest BCUT2D eigenvalue weighted by Crippen LogP contribution is 2.23. The summed E-state index contributed by atoms with van der Waals surface area (Å²) in [5.41, 5.74) is 4.67. The Morgan fingerprint density at radius 1 is 0.450 bits per heavy atom. The summed E-state index contributed by atoms with van der Waals surface area (Å²) in [5.74, 6) is 1.71. The third kappa shape index (κ3) is 10.4.